The number of amides is 1. The fraction of sp³-hybridized carbons (Fsp3) is 0.0833. The Balaban J connectivity index is 2.12. The molecule has 0 saturated carbocycles. The summed E-state index contributed by atoms with van der Waals surface area (Å²) in [4.78, 5) is 12.5. The van der Waals surface area contributed by atoms with Crippen LogP contribution >= 0.6 is 11.3 Å². The summed E-state index contributed by atoms with van der Waals surface area (Å²) in [6.07, 6.45) is 0. The standard InChI is InChI=1S/C12H13N3O4S2/c1-19-10-6-11(20-7-10)12(16)14-8-3-2-4-9(5-8)15-21(13,17)18/h2-7,15H,1H3,(H,14,16)(H2,13,17,18). The molecule has 1 amide bonds. The highest BCUT2D eigenvalue weighted by Crippen LogP contribution is 2.23. The van der Waals surface area contributed by atoms with E-state index in [1.807, 2.05) is 0 Å². The van der Waals surface area contributed by atoms with Crippen LogP contribution in [0.1, 0.15) is 9.67 Å². The van der Waals surface area contributed by atoms with Gasteiger partial charge in [-0.2, -0.15) is 8.42 Å². The number of carbonyl (C=O) groups is 1. The lowest BCUT2D eigenvalue weighted by Crippen LogP contribution is -2.21. The van der Waals surface area contributed by atoms with Gasteiger partial charge in [0.25, 0.3) is 16.1 Å². The van der Waals surface area contributed by atoms with Crippen molar-refractivity contribution in [1.82, 2.24) is 0 Å². The molecule has 0 aliphatic rings. The Bertz CT molecular complexity index is 755. The summed E-state index contributed by atoms with van der Waals surface area (Å²) in [6, 6.07) is 7.84. The van der Waals surface area contributed by atoms with Gasteiger partial charge in [0.1, 0.15) is 5.75 Å². The van der Waals surface area contributed by atoms with Gasteiger partial charge in [0.15, 0.2) is 0 Å². The summed E-state index contributed by atoms with van der Waals surface area (Å²) in [6.45, 7) is 0. The van der Waals surface area contributed by atoms with E-state index in [0.717, 1.165) is 0 Å². The minimum absolute atomic E-state index is 0.263. The third kappa shape index (κ3) is 4.45. The summed E-state index contributed by atoms with van der Waals surface area (Å²) >= 11 is 1.25. The highest BCUT2D eigenvalue weighted by atomic mass is 32.2. The molecule has 0 saturated heterocycles. The van der Waals surface area contributed by atoms with Crippen molar-refractivity contribution < 1.29 is 17.9 Å². The van der Waals surface area contributed by atoms with Gasteiger partial charge in [-0.25, -0.2) is 5.14 Å². The number of nitrogens with one attached hydrogen (secondary N) is 2. The first-order valence-corrected chi connectivity index (χ1v) is 8.14. The Hall–Kier alpha value is -2.10. The predicted molar refractivity (Wildman–Crippen MR) is 82.0 cm³/mol. The molecule has 0 fully saturated rings. The predicted octanol–water partition coefficient (Wildman–Crippen LogP) is 1.62. The SMILES string of the molecule is COc1csc(C(=O)Nc2cccc(NS(N)(=O)=O)c2)c1. The molecule has 2 aromatic rings. The number of methoxy groups -OCH3 is 1. The topological polar surface area (TPSA) is 111 Å². The Morgan fingerprint density at radius 1 is 1.29 bits per heavy atom. The monoisotopic (exact) mass is 327 g/mol. The maximum absolute atomic E-state index is 12.0. The molecule has 1 aromatic carbocycles. The molecule has 1 heterocycles. The number of benzene rings is 1. The van der Waals surface area contributed by atoms with E-state index in [4.69, 9.17) is 9.88 Å². The zero-order valence-corrected chi connectivity index (χ0v) is 12.6. The molecular weight excluding hydrogens is 314 g/mol. The van der Waals surface area contributed by atoms with Crippen LogP contribution in [0.2, 0.25) is 0 Å². The number of anilines is 2. The molecule has 0 bridgehead atoms. The Labute approximate surface area is 125 Å². The van der Waals surface area contributed by atoms with Crippen LogP contribution in [0.5, 0.6) is 5.75 Å². The van der Waals surface area contributed by atoms with Gasteiger partial charge < -0.3 is 10.1 Å². The van der Waals surface area contributed by atoms with Crippen LogP contribution in [0.3, 0.4) is 0 Å². The molecule has 0 aliphatic heterocycles. The molecule has 7 nitrogen and oxygen atoms in total. The van der Waals surface area contributed by atoms with Gasteiger partial charge in [0.2, 0.25) is 0 Å². The Morgan fingerprint density at radius 3 is 2.62 bits per heavy atom. The molecule has 0 radical (unpaired) electrons. The van der Waals surface area contributed by atoms with E-state index in [1.165, 1.54) is 30.6 Å². The molecule has 2 rings (SSSR count). The lowest BCUT2D eigenvalue weighted by Gasteiger charge is -2.07. The second kappa shape index (κ2) is 6.12. The summed E-state index contributed by atoms with van der Waals surface area (Å²) in [5, 5.41) is 9.27. The lowest BCUT2D eigenvalue weighted by molar-refractivity contribution is 0.103. The van der Waals surface area contributed by atoms with Crippen molar-refractivity contribution in [2.75, 3.05) is 17.1 Å². The molecule has 9 heteroatoms. The number of carbonyl (C=O) groups excluding carboxylic acids is 1. The zero-order valence-electron chi connectivity index (χ0n) is 11.0. The smallest absolute Gasteiger partial charge is 0.296 e. The van der Waals surface area contributed by atoms with E-state index in [0.29, 0.717) is 16.3 Å². The molecule has 1 aromatic heterocycles. The van der Waals surface area contributed by atoms with Crippen LogP contribution < -0.4 is 19.9 Å². The first kappa shape index (κ1) is 15.3. The number of hydrogen-bond acceptors (Lipinski definition) is 5. The normalized spacial score (nSPS) is 11.0. The third-order valence-corrected chi connectivity index (χ3v) is 3.84. The molecule has 0 unspecified atom stereocenters. The van der Waals surface area contributed by atoms with Gasteiger partial charge in [-0.1, -0.05) is 6.07 Å². The first-order chi connectivity index (χ1) is 9.87. The number of thiophene rings is 1. The van der Waals surface area contributed by atoms with Gasteiger partial charge >= 0.3 is 0 Å². The lowest BCUT2D eigenvalue weighted by atomic mass is 10.3. The highest BCUT2D eigenvalue weighted by molar-refractivity contribution is 7.90. The van der Waals surface area contributed by atoms with Crippen molar-refractivity contribution in [3.8, 4) is 5.75 Å². The van der Waals surface area contributed by atoms with Crippen molar-refractivity contribution in [3.05, 3.63) is 40.6 Å². The van der Waals surface area contributed by atoms with E-state index in [9.17, 15) is 13.2 Å². The van der Waals surface area contributed by atoms with E-state index < -0.39 is 10.2 Å². The summed E-state index contributed by atoms with van der Waals surface area (Å²) in [5.41, 5.74) is 0.708. The average molecular weight is 327 g/mol. The maximum atomic E-state index is 12.0. The molecule has 0 spiro atoms. The Kier molecular flexibility index (Phi) is 4.46. The third-order valence-electron chi connectivity index (χ3n) is 2.42. The van der Waals surface area contributed by atoms with Crippen molar-refractivity contribution in [2.45, 2.75) is 0 Å². The first-order valence-electron chi connectivity index (χ1n) is 5.72. The van der Waals surface area contributed by atoms with Crippen molar-refractivity contribution in [3.63, 3.8) is 0 Å². The molecule has 21 heavy (non-hydrogen) atoms. The van der Waals surface area contributed by atoms with Gasteiger partial charge in [-0.05, 0) is 18.2 Å². The molecule has 0 aliphatic carbocycles. The van der Waals surface area contributed by atoms with Gasteiger partial charge in [0.05, 0.1) is 17.7 Å². The van der Waals surface area contributed by atoms with Gasteiger partial charge in [-0.3, -0.25) is 9.52 Å². The van der Waals surface area contributed by atoms with Crippen molar-refractivity contribution >= 4 is 38.8 Å². The van der Waals surface area contributed by atoms with Crippen LogP contribution in [0.15, 0.2) is 35.7 Å². The van der Waals surface area contributed by atoms with Crippen LogP contribution in [-0.2, 0) is 10.2 Å². The van der Waals surface area contributed by atoms with E-state index in [1.54, 1.807) is 23.6 Å². The van der Waals surface area contributed by atoms with Crippen molar-refractivity contribution in [1.29, 1.82) is 0 Å². The summed E-state index contributed by atoms with van der Waals surface area (Å²) in [7, 11) is -2.33. The zero-order chi connectivity index (χ0) is 15.5. The largest absolute Gasteiger partial charge is 0.496 e. The maximum Gasteiger partial charge on any atom is 0.296 e. The highest BCUT2D eigenvalue weighted by Gasteiger charge is 2.10. The van der Waals surface area contributed by atoms with E-state index in [2.05, 4.69) is 10.0 Å². The van der Waals surface area contributed by atoms with Crippen LogP contribution in [-0.4, -0.2) is 21.4 Å². The number of nitrogens with two attached hydrogens (primary N) is 1. The second-order valence-corrected chi connectivity index (χ2v) is 6.24. The minimum Gasteiger partial charge on any atom is -0.496 e. The number of rotatable bonds is 5. The molecule has 112 valence electrons. The summed E-state index contributed by atoms with van der Waals surface area (Å²) in [5.74, 6) is 0.297. The van der Waals surface area contributed by atoms with E-state index >= 15 is 0 Å². The molecular formula is C12H13N3O4S2. The number of hydrogen-bond donors (Lipinski definition) is 3. The minimum atomic E-state index is -3.85. The van der Waals surface area contributed by atoms with Crippen LogP contribution in [0.4, 0.5) is 11.4 Å². The quantitative estimate of drug-likeness (QED) is 0.775. The fourth-order valence-electron chi connectivity index (χ4n) is 1.56. The summed E-state index contributed by atoms with van der Waals surface area (Å²) < 4.78 is 29.1. The van der Waals surface area contributed by atoms with Crippen LogP contribution in [0.25, 0.3) is 0 Å². The van der Waals surface area contributed by atoms with Crippen molar-refractivity contribution in [2.24, 2.45) is 5.14 Å². The van der Waals surface area contributed by atoms with Crippen LogP contribution in [0, 0.1) is 0 Å². The van der Waals surface area contributed by atoms with Gasteiger partial charge in [-0.15, -0.1) is 11.3 Å². The Morgan fingerprint density at radius 2 is 2.00 bits per heavy atom. The van der Waals surface area contributed by atoms with Gasteiger partial charge in [0, 0.05) is 17.1 Å². The molecule has 0 atom stereocenters. The molecule has 4 N–H and O–H groups in total. The number of ether oxygens (including phenoxy) is 1. The second-order valence-electron chi connectivity index (χ2n) is 4.03. The van der Waals surface area contributed by atoms with E-state index in [-0.39, 0.29) is 11.6 Å². The average Bonchev–Trinajstić information content (AvgIpc) is 2.85. The fourth-order valence-corrected chi connectivity index (χ4v) is 2.77.